The van der Waals surface area contributed by atoms with Crippen LogP contribution in [0.15, 0.2) is 46.0 Å². The van der Waals surface area contributed by atoms with Crippen molar-refractivity contribution in [1.29, 1.82) is 0 Å². The van der Waals surface area contributed by atoms with Crippen LogP contribution < -0.4 is 5.32 Å². The van der Waals surface area contributed by atoms with Gasteiger partial charge in [-0.25, -0.2) is 0 Å². The molecular formula is C17H22ClNS2. The highest BCUT2D eigenvalue weighted by atomic mass is 35.5. The summed E-state index contributed by atoms with van der Waals surface area (Å²) < 4.78 is 0. The van der Waals surface area contributed by atoms with Gasteiger partial charge >= 0.3 is 0 Å². The second-order valence-corrected chi connectivity index (χ2v) is 7.40. The van der Waals surface area contributed by atoms with Crippen LogP contribution in [0.3, 0.4) is 0 Å². The smallest absolute Gasteiger partial charge is 0.0417 e. The van der Waals surface area contributed by atoms with Crippen LogP contribution in [-0.4, -0.2) is 18.3 Å². The first-order valence-corrected chi connectivity index (χ1v) is 9.71. The first-order chi connectivity index (χ1) is 10.3. The van der Waals surface area contributed by atoms with Crippen molar-refractivity contribution >= 4 is 34.7 Å². The predicted octanol–water partition coefficient (Wildman–Crippen LogP) is 5.49. The molecule has 1 N–H and O–H groups in total. The Morgan fingerprint density at radius 2 is 2.24 bits per heavy atom. The normalized spacial score (nSPS) is 12.5. The summed E-state index contributed by atoms with van der Waals surface area (Å²) in [6.45, 7) is 3.30. The van der Waals surface area contributed by atoms with Crippen molar-refractivity contribution in [2.75, 3.05) is 12.3 Å². The minimum Gasteiger partial charge on any atom is -0.313 e. The fraction of sp³-hybridized carbons (Fsp3) is 0.412. The van der Waals surface area contributed by atoms with Gasteiger partial charge in [0.15, 0.2) is 0 Å². The summed E-state index contributed by atoms with van der Waals surface area (Å²) in [5.41, 5.74) is 1.45. The van der Waals surface area contributed by atoms with Crippen LogP contribution >= 0.6 is 34.7 Å². The SMILES string of the molecule is CCCNC(CCc1ccsc1)CSc1cccc(Cl)c1. The summed E-state index contributed by atoms with van der Waals surface area (Å²) in [5.74, 6) is 1.09. The minimum atomic E-state index is 0.550. The number of thiophene rings is 1. The number of hydrogen-bond donors (Lipinski definition) is 1. The van der Waals surface area contributed by atoms with Crippen molar-refractivity contribution in [2.45, 2.75) is 37.1 Å². The van der Waals surface area contributed by atoms with E-state index in [-0.39, 0.29) is 0 Å². The molecule has 1 aromatic heterocycles. The standard InChI is InChI=1S/C17H22ClNS2/c1-2-9-19-16(7-6-14-8-10-20-12-14)13-21-17-5-3-4-15(18)11-17/h3-5,8,10-12,16,19H,2,6-7,9,13H2,1H3. The van der Waals surface area contributed by atoms with E-state index in [2.05, 4.69) is 35.1 Å². The average molecular weight is 340 g/mol. The fourth-order valence-electron chi connectivity index (χ4n) is 2.12. The Kier molecular flexibility index (Phi) is 7.65. The lowest BCUT2D eigenvalue weighted by molar-refractivity contribution is 0.520. The molecule has 1 nitrogen and oxygen atoms in total. The van der Waals surface area contributed by atoms with Gasteiger partial charge in [-0.05, 0) is 66.4 Å². The lowest BCUT2D eigenvalue weighted by atomic mass is 10.1. The third-order valence-electron chi connectivity index (χ3n) is 3.29. The second kappa shape index (κ2) is 9.52. The van der Waals surface area contributed by atoms with Crippen LogP contribution in [0.2, 0.25) is 5.02 Å². The molecule has 1 atom stereocenters. The highest BCUT2D eigenvalue weighted by Crippen LogP contribution is 2.23. The molecule has 2 rings (SSSR count). The van der Waals surface area contributed by atoms with Crippen LogP contribution in [-0.2, 0) is 6.42 Å². The van der Waals surface area contributed by atoms with Gasteiger partial charge in [-0.15, -0.1) is 11.8 Å². The third-order valence-corrected chi connectivity index (χ3v) is 5.42. The van der Waals surface area contributed by atoms with Gasteiger partial charge in [-0.1, -0.05) is 24.6 Å². The minimum absolute atomic E-state index is 0.550. The van der Waals surface area contributed by atoms with Gasteiger partial charge in [-0.3, -0.25) is 0 Å². The van der Waals surface area contributed by atoms with E-state index >= 15 is 0 Å². The molecule has 21 heavy (non-hydrogen) atoms. The molecule has 4 heteroatoms. The number of hydrogen-bond acceptors (Lipinski definition) is 3. The Bertz CT molecular complexity index is 513. The second-order valence-electron chi connectivity index (χ2n) is 5.09. The molecule has 1 aromatic carbocycles. The molecule has 0 aliphatic heterocycles. The summed E-state index contributed by atoms with van der Waals surface area (Å²) in [7, 11) is 0. The lowest BCUT2D eigenvalue weighted by Crippen LogP contribution is -2.32. The van der Waals surface area contributed by atoms with E-state index in [0.29, 0.717) is 6.04 Å². The quantitative estimate of drug-likeness (QED) is 0.606. The summed E-state index contributed by atoms with van der Waals surface area (Å²) in [6, 6.07) is 10.9. The van der Waals surface area contributed by atoms with Crippen molar-refractivity contribution < 1.29 is 0 Å². The van der Waals surface area contributed by atoms with Crippen molar-refractivity contribution in [1.82, 2.24) is 5.32 Å². The lowest BCUT2D eigenvalue weighted by Gasteiger charge is -2.18. The molecule has 114 valence electrons. The number of rotatable bonds is 9. The molecular weight excluding hydrogens is 318 g/mol. The molecule has 0 saturated carbocycles. The van der Waals surface area contributed by atoms with Crippen molar-refractivity contribution in [3.05, 3.63) is 51.7 Å². The van der Waals surface area contributed by atoms with Crippen LogP contribution in [0.4, 0.5) is 0 Å². The van der Waals surface area contributed by atoms with Crippen LogP contribution in [0.5, 0.6) is 0 Å². The Labute approximate surface area is 141 Å². The Morgan fingerprint density at radius 3 is 2.95 bits per heavy atom. The van der Waals surface area contributed by atoms with Crippen LogP contribution in [0, 0.1) is 0 Å². The summed E-state index contributed by atoms with van der Waals surface area (Å²) in [6.07, 6.45) is 3.52. The van der Waals surface area contributed by atoms with E-state index in [4.69, 9.17) is 11.6 Å². The Hall–Kier alpha value is -0.480. The van der Waals surface area contributed by atoms with Gasteiger partial charge in [0.2, 0.25) is 0 Å². The number of thioether (sulfide) groups is 1. The molecule has 0 bridgehead atoms. The monoisotopic (exact) mass is 339 g/mol. The van der Waals surface area contributed by atoms with Gasteiger partial charge in [0.1, 0.15) is 0 Å². The number of nitrogens with one attached hydrogen (secondary N) is 1. The van der Waals surface area contributed by atoms with Gasteiger partial charge in [0.05, 0.1) is 0 Å². The maximum atomic E-state index is 6.04. The molecule has 0 amide bonds. The van der Waals surface area contributed by atoms with Gasteiger partial charge in [0.25, 0.3) is 0 Å². The molecule has 1 unspecified atom stereocenters. The molecule has 0 radical (unpaired) electrons. The molecule has 0 aliphatic carbocycles. The highest BCUT2D eigenvalue weighted by Gasteiger charge is 2.09. The van der Waals surface area contributed by atoms with E-state index in [1.54, 1.807) is 11.3 Å². The van der Waals surface area contributed by atoms with E-state index < -0.39 is 0 Å². The fourth-order valence-corrected chi connectivity index (χ4v) is 4.14. The Balaban J connectivity index is 1.83. The first kappa shape index (κ1) is 16.9. The Morgan fingerprint density at radius 1 is 1.33 bits per heavy atom. The number of benzene rings is 1. The van der Waals surface area contributed by atoms with Crippen molar-refractivity contribution in [3.8, 4) is 0 Å². The molecule has 0 fully saturated rings. The zero-order valence-corrected chi connectivity index (χ0v) is 14.7. The summed E-state index contributed by atoms with van der Waals surface area (Å²) in [5, 5.41) is 8.89. The molecule has 0 saturated heterocycles. The van der Waals surface area contributed by atoms with Crippen LogP contribution in [0.25, 0.3) is 0 Å². The molecule has 0 aliphatic rings. The molecule has 2 aromatic rings. The van der Waals surface area contributed by atoms with Crippen LogP contribution in [0.1, 0.15) is 25.3 Å². The number of aryl methyl sites for hydroxylation is 1. The van der Waals surface area contributed by atoms with Crippen molar-refractivity contribution in [3.63, 3.8) is 0 Å². The molecule has 0 spiro atoms. The summed E-state index contributed by atoms with van der Waals surface area (Å²) >= 11 is 9.71. The largest absolute Gasteiger partial charge is 0.313 e. The van der Waals surface area contributed by atoms with Gasteiger partial charge in [-0.2, -0.15) is 11.3 Å². The van der Waals surface area contributed by atoms with Crippen molar-refractivity contribution in [2.24, 2.45) is 0 Å². The van der Waals surface area contributed by atoms with E-state index in [9.17, 15) is 0 Å². The topological polar surface area (TPSA) is 12.0 Å². The van der Waals surface area contributed by atoms with Gasteiger partial charge in [0, 0.05) is 21.7 Å². The van der Waals surface area contributed by atoms with E-state index in [1.165, 1.54) is 23.3 Å². The predicted molar refractivity (Wildman–Crippen MR) is 96.9 cm³/mol. The summed E-state index contributed by atoms with van der Waals surface area (Å²) in [4.78, 5) is 1.25. The van der Waals surface area contributed by atoms with E-state index in [0.717, 1.165) is 23.7 Å². The zero-order chi connectivity index (χ0) is 14.9. The first-order valence-electron chi connectivity index (χ1n) is 7.40. The average Bonchev–Trinajstić information content (AvgIpc) is 3.00. The number of halogens is 1. The zero-order valence-electron chi connectivity index (χ0n) is 12.3. The maximum Gasteiger partial charge on any atom is 0.0417 e. The third kappa shape index (κ3) is 6.43. The molecule has 1 heterocycles. The highest BCUT2D eigenvalue weighted by molar-refractivity contribution is 7.99. The van der Waals surface area contributed by atoms with E-state index in [1.807, 2.05) is 30.0 Å². The maximum absolute atomic E-state index is 6.04. The van der Waals surface area contributed by atoms with Gasteiger partial charge < -0.3 is 5.32 Å².